The highest BCUT2D eigenvalue weighted by Gasteiger charge is 2.25. The van der Waals surface area contributed by atoms with Gasteiger partial charge in [-0.05, 0) is 123 Å². The lowest BCUT2D eigenvalue weighted by molar-refractivity contribution is -0.115. The van der Waals surface area contributed by atoms with E-state index in [0.29, 0.717) is 22.1 Å². The Morgan fingerprint density at radius 2 is 1.74 bits per heavy atom. The van der Waals surface area contributed by atoms with Crippen molar-refractivity contribution in [3.63, 3.8) is 0 Å². The maximum absolute atomic E-state index is 12.4. The van der Waals surface area contributed by atoms with Gasteiger partial charge in [0, 0.05) is 15.1 Å². The minimum atomic E-state index is -0.447. The Morgan fingerprint density at radius 1 is 1.09 bits per heavy atom. The van der Waals surface area contributed by atoms with Crippen LogP contribution in [0.15, 0.2) is 75.0 Å². The lowest BCUT2D eigenvalue weighted by atomic mass is 10.2. The number of ether oxygens (including phenoxy) is 1. The normalized spacial score (nSPS) is 15.6. The Balaban J connectivity index is 1.47. The second-order valence-electron chi connectivity index (χ2n) is 7.02. The second-order valence-corrected chi connectivity index (χ2v) is 11.7. The van der Waals surface area contributed by atoms with Crippen LogP contribution in [0.25, 0.3) is 6.08 Å². The van der Waals surface area contributed by atoms with E-state index in [4.69, 9.17) is 16.3 Å². The first-order chi connectivity index (χ1) is 16.3. The van der Waals surface area contributed by atoms with Crippen LogP contribution in [0.3, 0.4) is 0 Å². The minimum Gasteiger partial charge on any atom is -0.487 e. The summed E-state index contributed by atoms with van der Waals surface area (Å²) < 4.78 is 8.94. The number of benzene rings is 3. The van der Waals surface area contributed by atoms with E-state index in [9.17, 15) is 9.59 Å². The molecular formula is C24H14BrClI2N2O3S. The molecule has 0 saturated carbocycles. The molecule has 0 aliphatic carbocycles. The van der Waals surface area contributed by atoms with Gasteiger partial charge in [-0.15, -0.1) is 0 Å². The van der Waals surface area contributed by atoms with Gasteiger partial charge >= 0.3 is 0 Å². The monoisotopic (exact) mass is 778 g/mol. The van der Waals surface area contributed by atoms with E-state index in [1.165, 1.54) is 0 Å². The predicted octanol–water partition coefficient (Wildman–Crippen LogP) is 7.29. The molecule has 5 nitrogen and oxygen atoms in total. The summed E-state index contributed by atoms with van der Waals surface area (Å²) in [4.78, 5) is 29.3. The number of halogens is 4. The van der Waals surface area contributed by atoms with Crippen LogP contribution >= 0.6 is 84.5 Å². The average Bonchev–Trinajstić information content (AvgIpc) is 3.13. The van der Waals surface area contributed by atoms with Crippen LogP contribution in [-0.2, 0) is 11.4 Å². The molecule has 1 fully saturated rings. The van der Waals surface area contributed by atoms with Crippen LogP contribution < -0.4 is 10.1 Å². The van der Waals surface area contributed by atoms with Crippen molar-refractivity contribution in [3.8, 4) is 5.75 Å². The lowest BCUT2D eigenvalue weighted by Gasteiger charge is -2.12. The predicted molar refractivity (Wildman–Crippen MR) is 157 cm³/mol. The lowest BCUT2D eigenvalue weighted by Crippen LogP contribution is -2.20. The summed E-state index contributed by atoms with van der Waals surface area (Å²) in [5, 5.41) is 3.43. The molecule has 0 unspecified atom stereocenters. The number of aliphatic imine (C=N–C) groups is 1. The van der Waals surface area contributed by atoms with Crippen molar-refractivity contribution >= 4 is 108 Å². The van der Waals surface area contributed by atoms with Crippen LogP contribution in [0.4, 0.5) is 0 Å². The van der Waals surface area contributed by atoms with E-state index >= 15 is 0 Å². The molecule has 1 heterocycles. The van der Waals surface area contributed by atoms with Crippen molar-refractivity contribution in [1.82, 2.24) is 5.32 Å². The highest BCUT2D eigenvalue weighted by molar-refractivity contribution is 14.1. The van der Waals surface area contributed by atoms with Crippen LogP contribution in [0.1, 0.15) is 21.5 Å². The first kappa shape index (κ1) is 25.7. The molecule has 1 aliphatic rings. The fourth-order valence-electron chi connectivity index (χ4n) is 2.92. The highest BCUT2D eigenvalue weighted by atomic mass is 127. The molecule has 0 atom stereocenters. The first-order valence-electron chi connectivity index (χ1n) is 9.74. The fourth-order valence-corrected chi connectivity index (χ4v) is 6.26. The average molecular weight is 780 g/mol. The third-order valence-corrected chi connectivity index (χ3v) is 7.85. The van der Waals surface area contributed by atoms with Gasteiger partial charge in [-0.3, -0.25) is 9.59 Å². The summed E-state index contributed by atoms with van der Waals surface area (Å²) in [6.45, 7) is 0.458. The maximum Gasteiger partial charge on any atom is 0.279 e. The number of hydrogen-bond acceptors (Lipinski definition) is 4. The zero-order chi connectivity index (χ0) is 24.2. The molecule has 0 aromatic heterocycles. The van der Waals surface area contributed by atoms with E-state index in [-0.39, 0.29) is 11.1 Å². The Labute approximate surface area is 241 Å². The molecule has 10 heteroatoms. The number of nitrogens with zero attached hydrogens (tertiary/aromatic N) is 1. The zero-order valence-corrected chi connectivity index (χ0v) is 24.6. The van der Waals surface area contributed by atoms with Crippen molar-refractivity contribution in [2.75, 3.05) is 0 Å². The summed E-state index contributed by atoms with van der Waals surface area (Å²) in [6, 6.07) is 18.3. The summed E-state index contributed by atoms with van der Waals surface area (Å²) in [5.74, 6) is 0.0518. The van der Waals surface area contributed by atoms with Gasteiger partial charge in [0.2, 0.25) is 0 Å². The molecule has 34 heavy (non-hydrogen) atoms. The van der Waals surface area contributed by atoms with Gasteiger partial charge in [-0.25, -0.2) is 0 Å². The second kappa shape index (κ2) is 11.5. The first-order valence-corrected chi connectivity index (χ1v) is 13.9. The highest BCUT2D eigenvalue weighted by Crippen LogP contribution is 2.33. The number of thioether (sulfide) groups is 1. The van der Waals surface area contributed by atoms with Gasteiger partial charge in [-0.1, -0.05) is 39.7 Å². The Morgan fingerprint density at radius 3 is 2.38 bits per heavy atom. The van der Waals surface area contributed by atoms with Crippen molar-refractivity contribution in [2.45, 2.75) is 6.61 Å². The molecule has 0 spiro atoms. The third-order valence-electron chi connectivity index (χ3n) is 4.56. The topological polar surface area (TPSA) is 67.8 Å². The van der Waals surface area contributed by atoms with E-state index in [1.54, 1.807) is 30.3 Å². The Bertz CT molecular complexity index is 1310. The molecule has 2 amide bonds. The van der Waals surface area contributed by atoms with Gasteiger partial charge < -0.3 is 10.1 Å². The molecule has 1 saturated heterocycles. The molecular weight excluding hydrogens is 766 g/mol. The van der Waals surface area contributed by atoms with Crippen molar-refractivity contribution in [2.24, 2.45) is 4.99 Å². The fraction of sp³-hybridized carbons (Fsp3) is 0.0417. The number of amides is 2. The summed E-state index contributed by atoms with van der Waals surface area (Å²) >= 11 is 14.9. The summed E-state index contributed by atoms with van der Waals surface area (Å²) in [5.41, 5.74) is 2.32. The van der Waals surface area contributed by atoms with E-state index in [0.717, 1.165) is 40.3 Å². The van der Waals surface area contributed by atoms with E-state index in [1.807, 2.05) is 36.4 Å². The molecule has 3 aromatic rings. The van der Waals surface area contributed by atoms with E-state index < -0.39 is 5.91 Å². The molecule has 172 valence electrons. The number of nitrogens with one attached hydrogen (secondary N) is 1. The van der Waals surface area contributed by atoms with E-state index in [2.05, 4.69) is 71.4 Å². The standard InChI is InChI=1S/C24H14BrClI2N2O3S/c25-16-5-1-13(2-6-16)12-33-21-18(27)9-14(10-19(21)28)11-20-23(32)30-24(34-20)29-22(31)15-3-7-17(26)8-4-15/h1-11H,12H2,(H,29,30,31,32)/b20-11-. The molecule has 1 N–H and O–H groups in total. The molecule has 3 aromatic carbocycles. The number of rotatable bonds is 5. The zero-order valence-electron chi connectivity index (χ0n) is 17.2. The number of hydrogen-bond donors (Lipinski definition) is 1. The summed E-state index contributed by atoms with van der Waals surface area (Å²) in [6.07, 6.45) is 1.78. The number of carbonyl (C=O) groups is 2. The van der Waals surface area contributed by atoms with Gasteiger partial charge in [-0.2, -0.15) is 4.99 Å². The molecule has 1 aliphatic heterocycles. The van der Waals surface area contributed by atoms with Crippen LogP contribution in [-0.4, -0.2) is 17.0 Å². The van der Waals surface area contributed by atoms with Crippen LogP contribution in [0.2, 0.25) is 5.02 Å². The van der Waals surface area contributed by atoms with Crippen molar-refractivity contribution in [3.05, 3.63) is 98.9 Å². The summed E-state index contributed by atoms with van der Waals surface area (Å²) in [7, 11) is 0. The molecule has 4 rings (SSSR count). The van der Waals surface area contributed by atoms with Gasteiger partial charge in [0.05, 0.1) is 12.0 Å². The van der Waals surface area contributed by atoms with Crippen molar-refractivity contribution in [1.29, 1.82) is 0 Å². The quantitative estimate of drug-likeness (QED) is 0.218. The third kappa shape index (κ3) is 6.62. The van der Waals surface area contributed by atoms with Gasteiger partial charge in [0.1, 0.15) is 12.4 Å². The molecule has 0 bridgehead atoms. The minimum absolute atomic E-state index is 0.245. The Hall–Kier alpha value is -1.41. The maximum atomic E-state index is 12.4. The number of amidine groups is 1. The van der Waals surface area contributed by atoms with Crippen LogP contribution in [0, 0.1) is 7.14 Å². The van der Waals surface area contributed by atoms with Gasteiger partial charge in [0.25, 0.3) is 11.8 Å². The van der Waals surface area contributed by atoms with Gasteiger partial charge in [0.15, 0.2) is 5.17 Å². The number of carbonyl (C=O) groups excluding carboxylic acids is 2. The smallest absolute Gasteiger partial charge is 0.279 e. The van der Waals surface area contributed by atoms with Crippen LogP contribution in [0.5, 0.6) is 5.75 Å². The Kier molecular flexibility index (Phi) is 8.72. The largest absolute Gasteiger partial charge is 0.487 e. The molecule has 0 radical (unpaired) electrons. The SMILES string of the molecule is O=C1NC(=NC(=O)c2ccc(Cl)cc2)S/C1=C\c1cc(I)c(OCc2ccc(Br)cc2)c(I)c1. The van der Waals surface area contributed by atoms with Crippen molar-refractivity contribution < 1.29 is 14.3 Å².